The van der Waals surface area contributed by atoms with Crippen LogP contribution in [0, 0.1) is 0 Å². The van der Waals surface area contributed by atoms with Gasteiger partial charge in [0.25, 0.3) is 0 Å². The molecule has 0 bridgehead atoms. The zero-order valence-electron chi connectivity index (χ0n) is 9.25. The summed E-state index contributed by atoms with van der Waals surface area (Å²) in [6.45, 7) is 5.21. The molecule has 8 heteroatoms. The molecule has 0 saturated carbocycles. The van der Waals surface area contributed by atoms with Crippen LogP contribution in [0.5, 0.6) is 0 Å². The second-order valence-electron chi connectivity index (χ2n) is 2.99. The van der Waals surface area contributed by atoms with Crippen LogP contribution >= 0.6 is 8.25 Å². The third-order valence-corrected chi connectivity index (χ3v) is 2.35. The van der Waals surface area contributed by atoms with Crippen molar-refractivity contribution in [2.75, 3.05) is 32.8 Å². The Morgan fingerprint density at radius 2 is 2.06 bits per heavy atom. The molecule has 0 aromatic rings. The summed E-state index contributed by atoms with van der Waals surface area (Å²) in [6, 6.07) is 0. The van der Waals surface area contributed by atoms with Crippen molar-refractivity contribution in [1.29, 1.82) is 0 Å². The molecule has 94 valence electrons. The SMILES string of the molecule is CCCCO[PH](=O)ONCCNCCN.[NaH]. The van der Waals surface area contributed by atoms with Crippen molar-refractivity contribution in [3.63, 3.8) is 0 Å². The van der Waals surface area contributed by atoms with Gasteiger partial charge in [-0.3, -0.25) is 4.57 Å². The Kier molecular flexibility index (Phi) is 19.4. The number of hydroxylamine groups is 1. The van der Waals surface area contributed by atoms with Crippen molar-refractivity contribution < 1.29 is 13.7 Å². The minimum absolute atomic E-state index is 0. The van der Waals surface area contributed by atoms with Crippen LogP contribution in [-0.2, 0) is 13.7 Å². The van der Waals surface area contributed by atoms with E-state index in [1.165, 1.54) is 0 Å². The van der Waals surface area contributed by atoms with Crippen molar-refractivity contribution in [3.05, 3.63) is 0 Å². The first-order chi connectivity index (χ1) is 7.31. The van der Waals surface area contributed by atoms with Crippen molar-refractivity contribution in [3.8, 4) is 0 Å². The first-order valence-electron chi connectivity index (χ1n) is 5.28. The van der Waals surface area contributed by atoms with E-state index < -0.39 is 8.25 Å². The molecule has 0 fully saturated rings. The van der Waals surface area contributed by atoms with E-state index in [0.29, 0.717) is 19.7 Å². The fraction of sp³-hybridized carbons (Fsp3) is 1.00. The summed E-state index contributed by atoms with van der Waals surface area (Å²) in [5.41, 5.74) is 7.86. The van der Waals surface area contributed by atoms with Crippen LogP contribution in [0.3, 0.4) is 0 Å². The van der Waals surface area contributed by atoms with Crippen molar-refractivity contribution in [2.45, 2.75) is 19.8 Å². The molecular weight excluding hydrogens is 240 g/mol. The normalized spacial score (nSPS) is 12.1. The second-order valence-corrected chi connectivity index (χ2v) is 3.98. The summed E-state index contributed by atoms with van der Waals surface area (Å²) in [5, 5.41) is 3.06. The van der Waals surface area contributed by atoms with Gasteiger partial charge in [0.15, 0.2) is 0 Å². The number of unbranched alkanes of at least 4 members (excludes halogenated alkanes) is 1. The fourth-order valence-electron chi connectivity index (χ4n) is 0.806. The molecule has 0 aliphatic rings. The van der Waals surface area contributed by atoms with Gasteiger partial charge in [-0.25, -0.2) is 4.62 Å². The third-order valence-electron chi connectivity index (χ3n) is 1.60. The molecule has 16 heavy (non-hydrogen) atoms. The van der Waals surface area contributed by atoms with E-state index in [4.69, 9.17) is 14.9 Å². The number of rotatable bonds is 11. The summed E-state index contributed by atoms with van der Waals surface area (Å²) in [6.07, 6.45) is 1.92. The first kappa shape index (κ1) is 19.4. The van der Waals surface area contributed by atoms with Gasteiger partial charge >= 0.3 is 37.8 Å². The van der Waals surface area contributed by atoms with Crippen LogP contribution in [0.15, 0.2) is 0 Å². The van der Waals surface area contributed by atoms with Gasteiger partial charge in [0.2, 0.25) is 0 Å². The summed E-state index contributed by atoms with van der Waals surface area (Å²) in [5.74, 6) is 0. The Morgan fingerprint density at radius 3 is 2.69 bits per heavy atom. The molecule has 0 aliphatic carbocycles. The summed E-state index contributed by atoms with van der Waals surface area (Å²) in [7, 11) is -2.37. The average molecular weight is 263 g/mol. The van der Waals surface area contributed by atoms with Crippen LogP contribution in [0.1, 0.15) is 19.8 Å². The zero-order valence-corrected chi connectivity index (χ0v) is 10.3. The molecule has 0 radical (unpaired) electrons. The third kappa shape index (κ3) is 15.0. The Hall–Kier alpha value is 1.03. The predicted molar refractivity (Wildman–Crippen MR) is 68.0 cm³/mol. The van der Waals surface area contributed by atoms with Gasteiger partial charge in [-0.15, -0.1) is 0 Å². The second kappa shape index (κ2) is 16.0. The Labute approximate surface area is 120 Å². The van der Waals surface area contributed by atoms with Crippen LogP contribution in [0.25, 0.3) is 0 Å². The summed E-state index contributed by atoms with van der Waals surface area (Å²) < 4.78 is 20.7. The van der Waals surface area contributed by atoms with E-state index in [9.17, 15) is 4.57 Å². The molecular formula is C8H23N3NaO3P. The van der Waals surface area contributed by atoms with Crippen molar-refractivity contribution in [1.82, 2.24) is 10.8 Å². The Bertz CT molecular complexity index is 165. The molecule has 0 rings (SSSR count). The first-order valence-corrected chi connectivity index (χ1v) is 6.51. The van der Waals surface area contributed by atoms with Gasteiger partial charge in [0.05, 0.1) is 6.61 Å². The monoisotopic (exact) mass is 263 g/mol. The van der Waals surface area contributed by atoms with Crippen LogP contribution in [0.4, 0.5) is 0 Å². The average Bonchev–Trinajstić information content (AvgIpc) is 2.23. The topological polar surface area (TPSA) is 85.6 Å². The van der Waals surface area contributed by atoms with E-state index in [2.05, 4.69) is 10.8 Å². The molecule has 6 nitrogen and oxygen atoms in total. The minimum atomic E-state index is -2.37. The molecule has 0 amide bonds. The molecule has 0 spiro atoms. The van der Waals surface area contributed by atoms with E-state index in [0.717, 1.165) is 25.9 Å². The fourth-order valence-corrected chi connectivity index (χ4v) is 1.40. The molecule has 4 N–H and O–H groups in total. The standard InChI is InChI=1S/C8H22N3O3P.Na.H/c1-2-3-8-13-15(12)14-11-7-6-10-5-4-9;;/h10-11,15H,2-9H2,1H3;;. The van der Waals surface area contributed by atoms with E-state index in [1.807, 2.05) is 6.92 Å². The van der Waals surface area contributed by atoms with E-state index >= 15 is 0 Å². The van der Waals surface area contributed by atoms with Gasteiger partial charge in [-0.1, -0.05) is 13.3 Å². The Balaban J connectivity index is 0. The van der Waals surface area contributed by atoms with Crippen molar-refractivity contribution >= 4 is 37.8 Å². The quantitative estimate of drug-likeness (QED) is 0.204. The Morgan fingerprint density at radius 1 is 1.31 bits per heavy atom. The molecule has 0 aromatic heterocycles. The number of nitrogens with two attached hydrogens (primary N) is 1. The van der Waals surface area contributed by atoms with Crippen molar-refractivity contribution in [2.24, 2.45) is 5.73 Å². The number of hydrogen-bond donors (Lipinski definition) is 3. The van der Waals surface area contributed by atoms with Gasteiger partial charge in [0, 0.05) is 26.2 Å². The van der Waals surface area contributed by atoms with Crippen LogP contribution in [-0.4, -0.2) is 62.3 Å². The predicted octanol–water partition coefficient (Wildman–Crippen LogP) is -0.386. The maximum atomic E-state index is 11.0. The molecule has 0 aliphatic heterocycles. The van der Waals surface area contributed by atoms with E-state index in [1.54, 1.807) is 0 Å². The molecule has 1 unspecified atom stereocenters. The molecule has 0 saturated heterocycles. The summed E-state index contributed by atoms with van der Waals surface area (Å²) >= 11 is 0. The van der Waals surface area contributed by atoms with Crippen LogP contribution < -0.4 is 16.5 Å². The molecule has 0 heterocycles. The van der Waals surface area contributed by atoms with Gasteiger partial charge in [-0.05, 0) is 6.42 Å². The van der Waals surface area contributed by atoms with E-state index in [-0.39, 0.29) is 29.6 Å². The van der Waals surface area contributed by atoms with Gasteiger partial charge in [0.1, 0.15) is 0 Å². The summed E-state index contributed by atoms with van der Waals surface area (Å²) in [4.78, 5) is 0. The molecule has 0 aromatic carbocycles. The van der Waals surface area contributed by atoms with Crippen LogP contribution in [0.2, 0.25) is 0 Å². The molecule has 1 atom stereocenters. The van der Waals surface area contributed by atoms with Gasteiger partial charge < -0.3 is 15.6 Å². The van der Waals surface area contributed by atoms with Gasteiger partial charge in [-0.2, -0.15) is 5.48 Å². The maximum absolute atomic E-state index is 11.0. The number of nitrogens with one attached hydrogen (secondary N) is 2. The number of hydrogen-bond acceptors (Lipinski definition) is 6. The zero-order chi connectivity index (χ0) is 11.4.